The maximum atomic E-state index is 9.51. The van der Waals surface area contributed by atoms with E-state index in [9.17, 15) is 5.11 Å². The molecule has 0 saturated carbocycles. The van der Waals surface area contributed by atoms with Gasteiger partial charge in [0.15, 0.2) is 0 Å². The Kier molecular flexibility index (Phi) is 2.02. The molecule has 0 saturated heterocycles. The van der Waals surface area contributed by atoms with Crippen LogP contribution in [0.2, 0.25) is 0 Å². The number of benzene rings is 1. The molecule has 13 heavy (non-hydrogen) atoms. The van der Waals surface area contributed by atoms with E-state index < -0.39 is 6.23 Å². The van der Waals surface area contributed by atoms with Crippen molar-refractivity contribution in [2.24, 2.45) is 4.99 Å². The molecule has 1 unspecified atom stereocenters. The number of hydrogen-bond donors (Lipinski definition) is 2. The lowest BCUT2D eigenvalue weighted by Crippen LogP contribution is -2.19. The van der Waals surface area contributed by atoms with E-state index in [-0.39, 0.29) is 0 Å². The minimum Gasteiger partial charge on any atom is -0.373 e. The molecule has 68 valence electrons. The number of fused-ring (bicyclic) bond motifs is 1. The Labute approximate surface area is 77.1 Å². The summed E-state index contributed by atoms with van der Waals surface area (Å²) in [5.74, 6) is 0. The second-order valence-corrected chi connectivity index (χ2v) is 3.23. The number of aliphatic hydroxyl groups is 1. The summed E-state index contributed by atoms with van der Waals surface area (Å²) < 4.78 is 0. The molecule has 3 heteroatoms. The largest absolute Gasteiger partial charge is 0.373 e. The summed E-state index contributed by atoms with van der Waals surface area (Å²) in [5.41, 5.74) is 2.74. The Balaban J connectivity index is 2.45. The van der Waals surface area contributed by atoms with Crippen LogP contribution in [0.4, 0.5) is 11.4 Å². The third-order valence-electron chi connectivity index (χ3n) is 2.03. The van der Waals surface area contributed by atoms with Crippen LogP contribution < -0.4 is 5.32 Å². The molecule has 1 aliphatic heterocycles. The van der Waals surface area contributed by atoms with Gasteiger partial charge in [-0.05, 0) is 19.1 Å². The lowest BCUT2D eigenvalue weighted by atomic mass is 10.2. The van der Waals surface area contributed by atoms with E-state index in [0.717, 1.165) is 17.1 Å². The SMILES string of the molecule is CC1=Nc2ccccc2NC(O)C1. The Morgan fingerprint density at radius 2 is 2.23 bits per heavy atom. The molecule has 0 amide bonds. The molecule has 0 fully saturated rings. The lowest BCUT2D eigenvalue weighted by molar-refractivity contribution is 0.212. The minimum atomic E-state index is -0.521. The second-order valence-electron chi connectivity index (χ2n) is 3.23. The zero-order valence-electron chi connectivity index (χ0n) is 7.49. The molecular weight excluding hydrogens is 164 g/mol. The maximum Gasteiger partial charge on any atom is 0.129 e. The number of aliphatic hydroxyl groups excluding tert-OH is 1. The van der Waals surface area contributed by atoms with E-state index in [0.29, 0.717) is 6.42 Å². The fraction of sp³-hybridized carbons (Fsp3) is 0.300. The highest BCUT2D eigenvalue weighted by atomic mass is 16.3. The molecule has 1 aliphatic rings. The molecule has 1 aromatic carbocycles. The molecule has 1 heterocycles. The number of rotatable bonds is 0. The topological polar surface area (TPSA) is 44.6 Å². The van der Waals surface area contributed by atoms with Gasteiger partial charge in [0.05, 0.1) is 11.4 Å². The van der Waals surface area contributed by atoms with Crippen LogP contribution in [-0.2, 0) is 0 Å². The zero-order chi connectivity index (χ0) is 9.26. The monoisotopic (exact) mass is 176 g/mol. The molecule has 0 bridgehead atoms. The predicted octanol–water partition coefficient (Wildman–Crippen LogP) is 1.91. The van der Waals surface area contributed by atoms with Crippen molar-refractivity contribution in [1.82, 2.24) is 0 Å². The molecule has 2 N–H and O–H groups in total. The van der Waals surface area contributed by atoms with E-state index in [1.165, 1.54) is 0 Å². The van der Waals surface area contributed by atoms with Crippen molar-refractivity contribution in [1.29, 1.82) is 0 Å². The number of nitrogens with one attached hydrogen (secondary N) is 1. The van der Waals surface area contributed by atoms with Crippen LogP contribution in [0.25, 0.3) is 0 Å². The first-order chi connectivity index (χ1) is 6.25. The minimum absolute atomic E-state index is 0.521. The van der Waals surface area contributed by atoms with Crippen molar-refractivity contribution >= 4 is 17.1 Å². The molecule has 2 rings (SSSR count). The Morgan fingerprint density at radius 1 is 1.46 bits per heavy atom. The van der Waals surface area contributed by atoms with Crippen molar-refractivity contribution < 1.29 is 5.11 Å². The van der Waals surface area contributed by atoms with Crippen molar-refractivity contribution in [2.75, 3.05) is 5.32 Å². The predicted molar refractivity (Wildman–Crippen MR) is 53.5 cm³/mol. The molecule has 0 aliphatic carbocycles. The van der Waals surface area contributed by atoms with Crippen LogP contribution >= 0.6 is 0 Å². The summed E-state index contributed by atoms with van der Waals surface area (Å²) in [6.45, 7) is 1.92. The summed E-state index contributed by atoms with van der Waals surface area (Å²) in [5, 5.41) is 12.5. The fourth-order valence-electron chi connectivity index (χ4n) is 1.45. The van der Waals surface area contributed by atoms with Crippen molar-refractivity contribution in [3.05, 3.63) is 24.3 Å². The van der Waals surface area contributed by atoms with Gasteiger partial charge in [-0.3, -0.25) is 4.99 Å². The van der Waals surface area contributed by atoms with E-state index >= 15 is 0 Å². The summed E-state index contributed by atoms with van der Waals surface area (Å²) in [6, 6.07) is 7.72. The first kappa shape index (κ1) is 8.26. The molecule has 0 spiro atoms. The Bertz CT molecular complexity index is 347. The number of para-hydroxylation sites is 2. The molecule has 3 nitrogen and oxygen atoms in total. The van der Waals surface area contributed by atoms with Crippen molar-refractivity contribution in [3.63, 3.8) is 0 Å². The van der Waals surface area contributed by atoms with Crippen molar-refractivity contribution in [3.8, 4) is 0 Å². The van der Waals surface area contributed by atoms with E-state index in [2.05, 4.69) is 10.3 Å². The second kappa shape index (κ2) is 3.18. The highest BCUT2D eigenvalue weighted by molar-refractivity contribution is 5.88. The molecule has 0 radical (unpaired) electrons. The van der Waals surface area contributed by atoms with E-state index in [1.54, 1.807) is 0 Å². The molecule has 0 aromatic heterocycles. The molecular formula is C10H12N2O. The van der Waals surface area contributed by atoms with Crippen LogP contribution in [-0.4, -0.2) is 17.0 Å². The average molecular weight is 176 g/mol. The summed E-state index contributed by atoms with van der Waals surface area (Å²) in [4.78, 5) is 4.38. The zero-order valence-corrected chi connectivity index (χ0v) is 7.49. The Morgan fingerprint density at radius 3 is 3.08 bits per heavy atom. The molecule has 1 aromatic rings. The summed E-state index contributed by atoms with van der Waals surface area (Å²) in [7, 11) is 0. The van der Waals surface area contributed by atoms with Gasteiger partial charge in [0.25, 0.3) is 0 Å². The van der Waals surface area contributed by atoms with Crippen LogP contribution in [0.1, 0.15) is 13.3 Å². The summed E-state index contributed by atoms with van der Waals surface area (Å²) >= 11 is 0. The highest BCUT2D eigenvalue weighted by Gasteiger charge is 2.12. The Hall–Kier alpha value is -1.35. The standard InChI is InChI=1S/C10H12N2O/c1-7-6-10(13)12-9-5-3-2-4-8(9)11-7/h2-5,10,12-13H,6H2,1H3. The van der Waals surface area contributed by atoms with Gasteiger partial charge in [0, 0.05) is 12.1 Å². The van der Waals surface area contributed by atoms with Crippen LogP contribution in [0.5, 0.6) is 0 Å². The van der Waals surface area contributed by atoms with Crippen molar-refractivity contribution in [2.45, 2.75) is 19.6 Å². The van der Waals surface area contributed by atoms with Gasteiger partial charge in [-0.25, -0.2) is 0 Å². The smallest absolute Gasteiger partial charge is 0.129 e. The van der Waals surface area contributed by atoms with Gasteiger partial charge < -0.3 is 10.4 Å². The maximum absolute atomic E-state index is 9.51. The van der Waals surface area contributed by atoms with E-state index in [4.69, 9.17) is 0 Å². The number of hydrogen-bond acceptors (Lipinski definition) is 3. The highest BCUT2D eigenvalue weighted by Crippen LogP contribution is 2.27. The number of aliphatic imine (C=N–C) groups is 1. The van der Waals surface area contributed by atoms with Gasteiger partial charge in [-0.15, -0.1) is 0 Å². The lowest BCUT2D eigenvalue weighted by Gasteiger charge is -2.10. The quantitative estimate of drug-likeness (QED) is 0.634. The fourth-order valence-corrected chi connectivity index (χ4v) is 1.45. The molecule has 1 atom stereocenters. The van der Waals surface area contributed by atoms with Gasteiger partial charge in [-0.2, -0.15) is 0 Å². The van der Waals surface area contributed by atoms with Crippen LogP contribution in [0.3, 0.4) is 0 Å². The van der Waals surface area contributed by atoms with Gasteiger partial charge in [-0.1, -0.05) is 12.1 Å². The number of nitrogens with zero attached hydrogens (tertiary/aromatic N) is 1. The summed E-state index contributed by atoms with van der Waals surface area (Å²) in [6.07, 6.45) is 0.0571. The van der Waals surface area contributed by atoms with Gasteiger partial charge in [0.1, 0.15) is 6.23 Å². The van der Waals surface area contributed by atoms with E-state index in [1.807, 2.05) is 31.2 Å². The number of anilines is 1. The van der Waals surface area contributed by atoms with Gasteiger partial charge in [0.2, 0.25) is 0 Å². The first-order valence-electron chi connectivity index (χ1n) is 4.33. The van der Waals surface area contributed by atoms with Crippen LogP contribution in [0, 0.1) is 0 Å². The van der Waals surface area contributed by atoms with Crippen LogP contribution in [0.15, 0.2) is 29.3 Å². The van der Waals surface area contributed by atoms with Gasteiger partial charge >= 0.3 is 0 Å². The first-order valence-corrected chi connectivity index (χ1v) is 4.33. The third-order valence-corrected chi connectivity index (χ3v) is 2.03. The average Bonchev–Trinajstić information content (AvgIpc) is 2.20. The third kappa shape index (κ3) is 1.70. The normalized spacial score (nSPS) is 21.1.